The van der Waals surface area contributed by atoms with Gasteiger partial charge in [0.05, 0.1) is 0 Å². The van der Waals surface area contributed by atoms with Crippen LogP contribution in [0.1, 0.15) is 24.0 Å². The van der Waals surface area contributed by atoms with Crippen molar-refractivity contribution in [2.24, 2.45) is 5.92 Å². The minimum absolute atomic E-state index is 0.00471. The minimum atomic E-state index is -4.68. The zero-order chi connectivity index (χ0) is 19.9. The van der Waals surface area contributed by atoms with Crippen LogP contribution in [0.15, 0.2) is 12.1 Å². The van der Waals surface area contributed by atoms with Crippen molar-refractivity contribution in [2.45, 2.75) is 44.3 Å². The maximum absolute atomic E-state index is 14.4. The summed E-state index contributed by atoms with van der Waals surface area (Å²) in [4.78, 5) is 13.4. The maximum atomic E-state index is 14.4. The molecule has 3 aliphatic rings. The van der Waals surface area contributed by atoms with Crippen molar-refractivity contribution in [3.05, 3.63) is 29.1 Å². The highest BCUT2D eigenvalue weighted by Gasteiger charge is 2.53. The van der Waals surface area contributed by atoms with Crippen LogP contribution >= 0.6 is 0 Å². The molecule has 2 unspecified atom stereocenters. The third-order valence-electron chi connectivity index (χ3n) is 5.64. The fraction of sp³-hybridized carbons (Fsp3) is 0.611. The fourth-order valence-electron chi connectivity index (χ4n) is 4.21. The molecule has 0 radical (unpaired) electrons. The lowest BCUT2D eigenvalue weighted by Crippen LogP contribution is -2.63. The summed E-state index contributed by atoms with van der Waals surface area (Å²) in [6.07, 6.45) is -3.05. The first-order valence-corrected chi connectivity index (χ1v) is 9.35. The number of alkyl halides is 3. The quantitative estimate of drug-likeness (QED) is 0.668. The van der Waals surface area contributed by atoms with Crippen LogP contribution in [-0.2, 0) is 17.9 Å². The van der Waals surface area contributed by atoms with E-state index in [-0.39, 0.29) is 25.7 Å². The molecule has 3 aliphatic heterocycles. The molecule has 2 saturated heterocycles. The average molecular weight is 402 g/mol. The van der Waals surface area contributed by atoms with Crippen LogP contribution in [0.5, 0.6) is 5.75 Å². The topological polar surface area (TPSA) is 65.6 Å². The highest BCUT2D eigenvalue weighted by molar-refractivity contribution is 5.80. The smallest absolute Gasteiger partial charge is 0.402 e. The molecule has 2 fully saturated rings. The Balaban J connectivity index is 1.57. The summed E-state index contributed by atoms with van der Waals surface area (Å²) in [6, 6.07) is 1.73. The van der Waals surface area contributed by atoms with Gasteiger partial charge in [-0.3, -0.25) is 15.1 Å². The number of benzene rings is 1. The van der Waals surface area contributed by atoms with Crippen molar-refractivity contribution in [3.63, 3.8) is 0 Å². The van der Waals surface area contributed by atoms with Gasteiger partial charge in [-0.15, -0.1) is 0 Å². The van der Waals surface area contributed by atoms with Crippen LogP contribution in [0.3, 0.4) is 0 Å². The molecule has 1 aromatic rings. The van der Waals surface area contributed by atoms with E-state index < -0.39 is 29.9 Å². The predicted molar refractivity (Wildman–Crippen MR) is 91.6 cm³/mol. The van der Waals surface area contributed by atoms with Gasteiger partial charge in [-0.05, 0) is 38.1 Å². The fourth-order valence-corrected chi connectivity index (χ4v) is 4.21. The second-order valence-corrected chi connectivity index (χ2v) is 7.43. The molecule has 4 rings (SSSR count). The zero-order valence-corrected chi connectivity index (χ0v) is 15.1. The number of piperidine rings is 1. The standard InChI is InChI=1S/C18H22F4N4O2/c19-13-1-2-15(28-10-3-5-23-6-4-10)12-9-26(8-11(12)13)14-7-24-25-17(27)16(14)18(20,21)22/h1-2,10,14,16,23-24H,3-9H2,(H,25,27). The molecule has 0 aromatic heterocycles. The maximum Gasteiger partial charge on any atom is 0.402 e. The molecular weight excluding hydrogens is 380 g/mol. The first-order chi connectivity index (χ1) is 13.3. The van der Waals surface area contributed by atoms with Gasteiger partial charge < -0.3 is 10.1 Å². The van der Waals surface area contributed by atoms with E-state index in [2.05, 4.69) is 10.7 Å². The number of ether oxygens (including phenoxy) is 1. The molecule has 0 aliphatic carbocycles. The van der Waals surface area contributed by atoms with E-state index in [1.165, 1.54) is 11.0 Å². The Labute approximate surface area is 159 Å². The van der Waals surface area contributed by atoms with Crippen molar-refractivity contribution in [3.8, 4) is 5.75 Å². The highest BCUT2D eigenvalue weighted by atomic mass is 19.4. The molecule has 0 spiro atoms. The van der Waals surface area contributed by atoms with Crippen LogP contribution < -0.4 is 20.9 Å². The number of nitrogens with one attached hydrogen (secondary N) is 3. The van der Waals surface area contributed by atoms with Crippen molar-refractivity contribution in [1.82, 2.24) is 21.1 Å². The summed E-state index contributed by atoms with van der Waals surface area (Å²) < 4.78 is 60.9. The lowest BCUT2D eigenvalue weighted by molar-refractivity contribution is -0.201. The van der Waals surface area contributed by atoms with E-state index in [0.29, 0.717) is 16.9 Å². The van der Waals surface area contributed by atoms with Crippen LogP contribution in [0.4, 0.5) is 17.6 Å². The minimum Gasteiger partial charge on any atom is -0.490 e. The molecule has 3 N–H and O–H groups in total. The monoisotopic (exact) mass is 402 g/mol. The molecule has 154 valence electrons. The summed E-state index contributed by atoms with van der Waals surface area (Å²) in [5.74, 6) is -3.24. The highest BCUT2D eigenvalue weighted by Crippen LogP contribution is 2.39. The number of halogens is 4. The Morgan fingerprint density at radius 1 is 1.11 bits per heavy atom. The van der Waals surface area contributed by atoms with Gasteiger partial charge in [0.15, 0.2) is 5.92 Å². The van der Waals surface area contributed by atoms with Crippen LogP contribution in [0.25, 0.3) is 0 Å². The number of carbonyl (C=O) groups excluding carboxylic acids is 1. The number of hydrogen-bond donors (Lipinski definition) is 3. The molecule has 1 aromatic carbocycles. The van der Waals surface area contributed by atoms with E-state index in [1.54, 1.807) is 6.07 Å². The van der Waals surface area contributed by atoms with Crippen LogP contribution in [-0.4, -0.2) is 48.8 Å². The molecule has 2 atom stereocenters. The van der Waals surface area contributed by atoms with E-state index >= 15 is 0 Å². The van der Waals surface area contributed by atoms with Crippen molar-refractivity contribution in [2.75, 3.05) is 19.6 Å². The molecule has 0 bridgehead atoms. The van der Waals surface area contributed by atoms with Gasteiger partial charge in [0.1, 0.15) is 17.7 Å². The van der Waals surface area contributed by atoms with E-state index in [1.807, 2.05) is 5.43 Å². The number of rotatable bonds is 3. The summed E-state index contributed by atoms with van der Waals surface area (Å²) in [7, 11) is 0. The molecule has 1 amide bonds. The van der Waals surface area contributed by atoms with Gasteiger partial charge >= 0.3 is 6.18 Å². The Hall–Kier alpha value is -1.91. The average Bonchev–Trinajstić information content (AvgIpc) is 3.10. The SMILES string of the molecule is O=C1NNCC(N2Cc3c(F)ccc(OC4CCNCC4)c3C2)C1C(F)(F)F. The Morgan fingerprint density at radius 3 is 2.54 bits per heavy atom. The zero-order valence-electron chi connectivity index (χ0n) is 15.1. The lowest BCUT2D eigenvalue weighted by Gasteiger charge is -2.38. The Morgan fingerprint density at radius 2 is 1.82 bits per heavy atom. The van der Waals surface area contributed by atoms with Gasteiger partial charge in [-0.1, -0.05) is 0 Å². The number of carbonyl (C=O) groups is 1. The predicted octanol–water partition coefficient (Wildman–Crippen LogP) is 1.45. The molecule has 3 heterocycles. The molecule has 0 saturated carbocycles. The Bertz CT molecular complexity index is 752. The third-order valence-corrected chi connectivity index (χ3v) is 5.64. The van der Waals surface area contributed by atoms with Crippen molar-refractivity contribution < 1.29 is 27.1 Å². The molecule has 10 heteroatoms. The van der Waals surface area contributed by atoms with Gasteiger partial charge in [0, 0.05) is 36.8 Å². The first kappa shape index (κ1) is 19.4. The summed E-state index contributed by atoms with van der Waals surface area (Å²) in [5, 5.41) is 3.24. The van der Waals surface area contributed by atoms with Crippen molar-refractivity contribution in [1.29, 1.82) is 0 Å². The Kier molecular flexibility index (Phi) is 5.19. The second kappa shape index (κ2) is 7.49. The number of fused-ring (bicyclic) bond motifs is 1. The lowest BCUT2D eigenvalue weighted by atomic mass is 9.95. The van der Waals surface area contributed by atoms with E-state index in [4.69, 9.17) is 4.74 Å². The third kappa shape index (κ3) is 3.68. The van der Waals surface area contributed by atoms with E-state index in [9.17, 15) is 22.4 Å². The second-order valence-electron chi connectivity index (χ2n) is 7.43. The van der Waals surface area contributed by atoms with Crippen LogP contribution in [0, 0.1) is 11.7 Å². The van der Waals surface area contributed by atoms with Gasteiger partial charge in [-0.25, -0.2) is 9.82 Å². The largest absolute Gasteiger partial charge is 0.490 e. The summed E-state index contributed by atoms with van der Waals surface area (Å²) >= 11 is 0. The summed E-state index contributed by atoms with van der Waals surface area (Å²) in [5.41, 5.74) is 5.48. The van der Waals surface area contributed by atoms with Gasteiger partial charge in [-0.2, -0.15) is 13.2 Å². The number of nitrogens with zero attached hydrogens (tertiary/aromatic N) is 1. The number of hydrazine groups is 1. The number of hydrogen-bond acceptors (Lipinski definition) is 5. The molecular formula is C18H22F4N4O2. The van der Waals surface area contributed by atoms with Gasteiger partial charge in [0.2, 0.25) is 5.91 Å². The first-order valence-electron chi connectivity index (χ1n) is 9.35. The number of amides is 1. The summed E-state index contributed by atoms with van der Waals surface area (Å²) in [6.45, 7) is 1.71. The van der Waals surface area contributed by atoms with E-state index in [0.717, 1.165) is 25.9 Å². The van der Waals surface area contributed by atoms with Crippen molar-refractivity contribution >= 4 is 5.91 Å². The molecule has 6 nitrogen and oxygen atoms in total. The normalized spacial score (nSPS) is 26.8. The van der Waals surface area contributed by atoms with Crippen LogP contribution in [0.2, 0.25) is 0 Å². The van der Waals surface area contributed by atoms with Gasteiger partial charge in [0.25, 0.3) is 0 Å². The molecule has 28 heavy (non-hydrogen) atoms.